The van der Waals surface area contributed by atoms with Crippen LogP contribution in [0.5, 0.6) is 0 Å². The molecule has 0 aliphatic carbocycles. The molecule has 0 saturated carbocycles. The number of amides is 1. The van der Waals surface area contributed by atoms with Gasteiger partial charge in [-0.2, -0.15) is 23.4 Å². The molecule has 0 aromatic carbocycles. The van der Waals surface area contributed by atoms with Gasteiger partial charge in [0.05, 0.1) is 25.1 Å². The first-order chi connectivity index (χ1) is 19.7. The summed E-state index contributed by atoms with van der Waals surface area (Å²) in [5.41, 5.74) is -0.409. The third kappa shape index (κ3) is 10.1. The zero-order chi connectivity index (χ0) is 31.6. The van der Waals surface area contributed by atoms with Crippen LogP contribution < -0.4 is 11.0 Å². The van der Waals surface area contributed by atoms with Crippen molar-refractivity contribution in [2.75, 3.05) is 33.4 Å². The molecule has 1 aliphatic rings. The number of nitrogens with zero attached hydrogens (tertiary/aromatic N) is 6. The van der Waals surface area contributed by atoms with Crippen LogP contribution in [0.3, 0.4) is 0 Å². The maximum absolute atomic E-state index is 13.0. The van der Waals surface area contributed by atoms with E-state index in [1.807, 2.05) is 27.7 Å². The molecule has 42 heavy (non-hydrogen) atoms. The highest BCUT2D eigenvalue weighted by molar-refractivity contribution is 7.50. The summed E-state index contributed by atoms with van der Waals surface area (Å²) in [5, 5.41) is 21.0. The second-order valence-corrected chi connectivity index (χ2v) is 12.1. The SMILES string of the molecule is CC(C)N(C(C)C)P(CCC#N)OC1CC(n2cc(/C=C/CNC(=O)C(F)(F)F)c(/N=C\N(C)C)nc2=O)OC1CO. The lowest BCUT2D eigenvalue weighted by atomic mass is 10.2. The first kappa shape index (κ1) is 35.3. The van der Waals surface area contributed by atoms with Crippen LogP contribution in [0.4, 0.5) is 19.0 Å². The number of halogens is 3. The zero-order valence-electron chi connectivity index (χ0n) is 24.6. The van der Waals surface area contributed by atoms with E-state index >= 15 is 0 Å². The molecule has 1 aromatic heterocycles. The Morgan fingerprint density at radius 1 is 1.38 bits per heavy atom. The smallest absolute Gasteiger partial charge is 0.394 e. The van der Waals surface area contributed by atoms with Gasteiger partial charge in [-0.05, 0) is 27.7 Å². The van der Waals surface area contributed by atoms with Crippen LogP contribution in [0, 0.1) is 11.3 Å². The predicted molar refractivity (Wildman–Crippen MR) is 153 cm³/mol. The zero-order valence-corrected chi connectivity index (χ0v) is 25.5. The van der Waals surface area contributed by atoms with Gasteiger partial charge >= 0.3 is 17.8 Å². The summed E-state index contributed by atoms with van der Waals surface area (Å²) >= 11 is 0. The number of hydrogen-bond acceptors (Lipinski definition) is 9. The molecule has 0 bridgehead atoms. The Hall–Kier alpha value is -2.89. The Kier molecular flexibility index (Phi) is 13.5. The van der Waals surface area contributed by atoms with Crippen molar-refractivity contribution in [2.24, 2.45) is 4.99 Å². The van der Waals surface area contributed by atoms with Crippen LogP contribution in [-0.2, 0) is 14.1 Å². The second kappa shape index (κ2) is 16.1. The molecule has 234 valence electrons. The van der Waals surface area contributed by atoms with Gasteiger partial charge in [0.1, 0.15) is 20.6 Å². The number of alkyl halides is 3. The summed E-state index contributed by atoms with van der Waals surface area (Å²) in [6.07, 6.45) is -0.737. The van der Waals surface area contributed by atoms with Crippen LogP contribution in [-0.4, -0.2) is 100 Å². The molecule has 2 heterocycles. The third-order valence-electron chi connectivity index (χ3n) is 5.96. The topological polar surface area (TPSA) is 145 Å². The predicted octanol–water partition coefficient (Wildman–Crippen LogP) is 3.17. The van der Waals surface area contributed by atoms with Crippen molar-refractivity contribution in [1.29, 1.82) is 5.26 Å². The number of hydrogen-bond donors (Lipinski definition) is 2. The molecule has 0 radical (unpaired) electrons. The Bertz CT molecular complexity index is 1190. The Labute approximate surface area is 244 Å². The summed E-state index contributed by atoms with van der Waals surface area (Å²) in [6.45, 7) is 7.36. The van der Waals surface area contributed by atoms with Crippen molar-refractivity contribution >= 4 is 32.4 Å². The van der Waals surface area contributed by atoms with Crippen molar-refractivity contribution in [3.8, 4) is 6.07 Å². The molecule has 1 amide bonds. The molecule has 12 nitrogen and oxygen atoms in total. The molecule has 4 unspecified atom stereocenters. The van der Waals surface area contributed by atoms with E-state index in [1.54, 1.807) is 24.3 Å². The lowest BCUT2D eigenvalue weighted by Crippen LogP contribution is -2.36. The normalized spacial score (nSPS) is 20.2. The molecule has 1 fully saturated rings. The van der Waals surface area contributed by atoms with Gasteiger partial charge in [-0.1, -0.05) is 12.2 Å². The summed E-state index contributed by atoms with van der Waals surface area (Å²) in [6, 6.07) is 2.44. The molecular weight excluding hydrogens is 578 g/mol. The van der Waals surface area contributed by atoms with Gasteiger partial charge in [0, 0.05) is 63.5 Å². The number of nitrogens with one attached hydrogen (secondary N) is 1. The van der Waals surface area contributed by atoms with E-state index in [2.05, 4.69) is 20.7 Å². The molecule has 0 spiro atoms. The lowest BCUT2D eigenvalue weighted by molar-refractivity contribution is -0.173. The van der Waals surface area contributed by atoms with E-state index in [0.29, 0.717) is 12.6 Å². The molecule has 1 saturated heterocycles. The fraction of sp³-hybridized carbons (Fsp3) is 0.654. The Balaban J connectivity index is 2.37. The van der Waals surface area contributed by atoms with Gasteiger partial charge in [-0.15, -0.1) is 0 Å². The summed E-state index contributed by atoms with van der Waals surface area (Å²) in [5.74, 6) is -2.07. The van der Waals surface area contributed by atoms with Gasteiger partial charge in [-0.25, -0.2) is 9.79 Å². The molecule has 4 atom stereocenters. The number of aliphatic hydroxyl groups excluding tert-OH is 1. The quantitative estimate of drug-likeness (QED) is 0.183. The average Bonchev–Trinajstić information content (AvgIpc) is 3.30. The standard InChI is InChI=1S/C26H39F3N7O5P/c1-17(2)36(18(3)4)42(12-8-10-30)41-20-13-22(40-21(20)15-37)35-14-19(9-7-11-31-24(38)26(27,28)29)23(33-25(35)39)32-16-34(5)6/h7,9,14,16-18,20-22,37H,8,11-13,15H2,1-6H3,(H,31,38)/b9-7+,32-16-. The van der Waals surface area contributed by atoms with Gasteiger partial charge < -0.3 is 24.6 Å². The van der Waals surface area contributed by atoms with E-state index in [9.17, 15) is 33.1 Å². The van der Waals surface area contributed by atoms with E-state index in [1.165, 1.54) is 29.3 Å². The van der Waals surface area contributed by atoms with Crippen LogP contribution in [0.2, 0.25) is 0 Å². The largest absolute Gasteiger partial charge is 0.471 e. The van der Waals surface area contributed by atoms with Crippen molar-refractivity contribution < 1.29 is 32.3 Å². The monoisotopic (exact) mass is 617 g/mol. The van der Waals surface area contributed by atoms with Gasteiger partial charge in [-0.3, -0.25) is 14.0 Å². The number of nitriles is 1. The van der Waals surface area contributed by atoms with Gasteiger partial charge in [0.15, 0.2) is 5.82 Å². The second-order valence-electron chi connectivity index (χ2n) is 10.3. The minimum absolute atomic E-state index is 0.0115. The molecular formula is C26H39F3N7O5P. The number of ether oxygens (including phenoxy) is 1. The summed E-state index contributed by atoms with van der Waals surface area (Å²) in [4.78, 5) is 34.0. The van der Waals surface area contributed by atoms with Crippen LogP contribution in [0.15, 0.2) is 22.1 Å². The highest BCUT2D eigenvalue weighted by Crippen LogP contribution is 2.49. The van der Waals surface area contributed by atoms with E-state index < -0.39 is 51.1 Å². The van der Waals surface area contributed by atoms with Crippen LogP contribution in [0.25, 0.3) is 6.08 Å². The summed E-state index contributed by atoms with van der Waals surface area (Å²) in [7, 11) is 2.19. The average molecular weight is 618 g/mol. The number of carbonyl (C=O) groups excluding carboxylic acids is 1. The number of aliphatic hydroxyl groups is 1. The van der Waals surface area contributed by atoms with Crippen molar-refractivity contribution in [1.82, 2.24) is 24.4 Å². The van der Waals surface area contributed by atoms with Crippen LogP contribution in [0.1, 0.15) is 52.3 Å². The van der Waals surface area contributed by atoms with E-state index in [0.717, 1.165) is 0 Å². The van der Waals surface area contributed by atoms with E-state index in [4.69, 9.17) is 9.26 Å². The first-order valence-electron chi connectivity index (χ1n) is 13.4. The van der Waals surface area contributed by atoms with E-state index in [-0.39, 0.29) is 36.5 Å². The minimum Gasteiger partial charge on any atom is -0.394 e. The Morgan fingerprint density at radius 2 is 2.05 bits per heavy atom. The van der Waals surface area contributed by atoms with Crippen LogP contribution >= 0.6 is 8.30 Å². The van der Waals surface area contributed by atoms with Crippen molar-refractivity contribution in [2.45, 2.75) is 77.2 Å². The summed E-state index contributed by atoms with van der Waals surface area (Å²) < 4.78 is 53.4. The molecule has 2 N–H and O–H groups in total. The highest BCUT2D eigenvalue weighted by atomic mass is 31.2. The first-order valence-corrected chi connectivity index (χ1v) is 14.8. The maximum atomic E-state index is 13.0. The van der Waals surface area contributed by atoms with Crippen molar-refractivity contribution in [3.63, 3.8) is 0 Å². The third-order valence-corrected chi connectivity index (χ3v) is 8.52. The number of carbonyl (C=O) groups is 1. The molecule has 1 aliphatic heterocycles. The lowest BCUT2D eigenvalue weighted by Gasteiger charge is -2.38. The molecule has 2 rings (SSSR count). The molecule has 16 heteroatoms. The minimum atomic E-state index is -5.01. The fourth-order valence-electron chi connectivity index (χ4n) is 4.29. The number of aromatic nitrogens is 2. The molecule has 1 aromatic rings. The highest BCUT2D eigenvalue weighted by Gasteiger charge is 2.41. The maximum Gasteiger partial charge on any atom is 0.471 e. The Morgan fingerprint density at radius 3 is 2.60 bits per heavy atom. The van der Waals surface area contributed by atoms with Gasteiger partial charge in [0.25, 0.3) is 0 Å². The van der Waals surface area contributed by atoms with Crippen molar-refractivity contribution in [3.05, 3.63) is 28.3 Å². The number of rotatable bonds is 14. The number of aliphatic imine (C=N–C) groups is 1. The van der Waals surface area contributed by atoms with Gasteiger partial charge in [0.2, 0.25) is 0 Å². The fourth-order valence-corrected chi connectivity index (χ4v) is 6.59.